The van der Waals surface area contributed by atoms with Crippen molar-refractivity contribution < 1.29 is 19.1 Å². The van der Waals surface area contributed by atoms with Gasteiger partial charge in [0, 0.05) is 10.0 Å². The lowest BCUT2D eigenvalue weighted by Gasteiger charge is -2.44. The van der Waals surface area contributed by atoms with Crippen LogP contribution in [0.2, 0.25) is 28.2 Å². The quantitative estimate of drug-likeness (QED) is 0.425. The summed E-state index contributed by atoms with van der Waals surface area (Å²) in [6, 6.07) is 9.78. The number of rotatable bonds is 6. The van der Waals surface area contributed by atoms with Gasteiger partial charge in [-0.25, -0.2) is 4.79 Å². The molecule has 1 heterocycles. The molecule has 5 nitrogen and oxygen atoms in total. The normalized spacial score (nSPS) is 18.5. The van der Waals surface area contributed by atoms with Crippen molar-refractivity contribution >= 4 is 43.4 Å². The highest BCUT2D eigenvalue weighted by Crippen LogP contribution is 2.39. The fourth-order valence-electron chi connectivity index (χ4n) is 4.24. The van der Waals surface area contributed by atoms with E-state index in [0.717, 1.165) is 11.1 Å². The number of hydrogen-bond acceptors (Lipinski definition) is 3. The number of benzene rings is 2. The van der Waals surface area contributed by atoms with Gasteiger partial charge in [0.05, 0.1) is 30.7 Å². The zero-order chi connectivity index (χ0) is 25.4. The van der Waals surface area contributed by atoms with Gasteiger partial charge in [0.1, 0.15) is 0 Å². The van der Waals surface area contributed by atoms with E-state index >= 15 is 0 Å². The molecule has 0 unspecified atom stereocenters. The molecule has 184 valence electrons. The summed E-state index contributed by atoms with van der Waals surface area (Å²) in [6.45, 7) is 13.2. The largest absolute Gasteiger partial charge is 0.478 e. The molecule has 0 aromatic heterocycles. The number of nitrogens with zero attached hydrogens (tertiary/aromatic N) is 1. The van der Waals surface area contributed by atoms with Crippen LogP contribution >= 0.6 is 23.2 Å². The lowest BCUT2D eigenvalue weighted by atomic mass is 9.85. The molecule has 3 rings (SSSR count). The molecule has 8 heteroatoms. The average molecular weight is 523 g/mol. The smallest absolute Gasteiger partial charge is 0.335 e. The molecule has 2 aromatic carbocycles. The molecule has 0 aliphatic carbocycles. The van der Waals surface area contributed by atoms with Crippen LogP contribution in [0.5, 0.6) is 0 Å². The number of fused-ring (bicyclic) bond motifs is 1. The number of carboxylic acid groups (broad SMARTS) is 1. The fourth-order valence-corrected chi connectivity index (χ4v) is 5.66. The number of carbonyl (C=O) groups excluding carboxylic acids is 1. The van der Waals surface area contributed by atoms with E-state index in [1.54, 1.807) is 30.3 Å². The van der Waals surface area contributed by atoms with Crippen LogP contribution < -0.4 is 0 Å². The Kier molecular flexibility index (Phi) is 7.88. The van der Waals surface area contributed by atoms with Crippen LogP contribution in [0.3, 0.4) is 0 Å². The van der Waals surface area contributed by atoms with Crippen molar-refractivity contribution in [2.24, 2.45) is 0 Å². The number of carbonyl (C=O) groups is 2. The fraction of sp³-hybridized carbons (Fsp3) is 0.462. The second-order valence-electron chi connectivity index (χ2n) is 10.5. The summed E-state index contributed by atoms with van der Waals surface area (Å²) >= 11 is 12.5. The number of carboxylic acids is 1. The zero-order valence-corrected chi connectivity index (χ0v) is 23.1. The van der Waals surface area contributed by atoms with Crippen LogP contribution in [0.15, 0.2) is 36.4 Å². The molecule has 1 aliphatic rings. The van der Waals surface area contributed by atoms with Gasteiger partial charge in [-0.2, -0.15) is 0 Å². The van der Waals surface area contributed by atoms with E-state index in [9.17, 15) is 14.7 Å². The molecule has 0 bridgehead atoms. The number of hydrogen-bond donors (Lipinski definition) is 1. The van der Waals surface area contributed by atoms with Gasteiger partial charge in [0.25, 0.3) is 0 Å². The van der Waals surface area contributed by atoms with Crippen molar-refractivity contribution in [3.05, 3.63) is 68.7 Å². The number of halogens is 2. The summed E-state index contributed by atoms with van der Waals surface area (Å²) < 4.78 is 6.52. The van der Waals surface area contributed by atoms with Crippen LogP contribution in [0.1, 0.15) is 60.8 Å². The van der Waals surface area contributed by atoms with Crippen molar-refractivity contribution in [2.75, 3.05) is 6.61 Å². The first-order valence-corrected chi connectivity index (χ1v) is 15.1. The molecular weight excluding hydrogens is 489 g/mol. The minimum atomic E-state index is -2.09. The maximum absolute atomic E-state index is 13.7. The number of amides is 1. The zero-order valence-electron chi connectivity index (χ0n) is 20.6. The third-order valence-corrected chi connectivity index (χ3v) is 12.3. The van der Waals surface area contributed by atoms with Gasteiger partial charge in [0.15, 0.2) is 8.32 Å². The van der Waals surface area contributed by atoms with Crippen LogP contribution in [0, 0.1) is 0 Å². The Morgan fingerprint density at radius 2 is 1.85 bits per heavy atom. The van der Waals surface area contributed by atoms with Crippen molar-refractivity contribution in [1.82, 2.24) is 4.90 Å². The Balaban J connectivity index is 1.99. The van der Waals surface area contributed by atoms with E-state index in [2.05, 4.69) is 33.9 Å². The summed E-state index contributed by atoms with van der Waals surface area (Å²) in [5.74, 6) is -1.05. The first-order valence-electron chi connectivity index (χ1n) is 11.5. The van der Waals surface area contributed by atoms with Crippen LogP contribution in [-0.2, 0) is 22.1 Å². The van der Waals surface area contributed by atoms with Gasteiger partial charge in [0.2, 0.25) is 5.91 Å². The lowest BCUT2D eigenvalue weighted by molar-refractivity contribution is -0.137. The Labute approximate surface area is 213 Å². The highest BCUT2D eigenvalue weighted by Gasteiger charge is 2.41. The minimum Gasteiger partial charge on any atom is -0.478 e. The summed E-state index contributed by atoms with van der Waals surface area (Å²) in [7, 11) is -2.09. The molecule has 2 atom stereocenters. The van der Waals surface area contributed by atoms with E-state index in [-0.39, 0.29) is 35.0 Å². The molecule has 0 saturated carbocycles. The minimum absolute atomic E-state index is 0.0145. The van der Waals surface area contributed by atoms with Gasteiger partial charge in [-0.3, -0.25) is 4.79 Å². The van der Waals surface area contributed by atoms with E-state index in [1.807, 2.05) is 17.9 Å². The predicted molar refractivity (Wildman–Crippen MR) is 139 cm³/mol. The Bertz CT molecular complexity index is 1100. The highest BCUT2D eigenvalue weighted by atomic mass is 35.5. The first-order chi connectivity index (χ1) is 15.7. The molecule has 1 amide bonds. The third kappa shape index (κ3) is 5.51. The number of aromatic carboxylic acids is 1. The van der Waals surface area contributed by atoms with Crippen molar-refractivity contribution in [1.29, 1.82) is 0 Å². The van der Waals surface area contributed by atoms with Crippen molar-refractivity contribution in [3.8, 4) is 0 Å². The second kappa shape index (κ2) is 10.0. The molecule has 0 saturated heterocycles. The molecule has 0 spiro atoms. The van der Waals surface area contributed by atoms with Crippen LogP contribution in [0.25, 0.3) is 0 Å². The van der Waals surface area contributed by atoms with Gasteiger partial charge in [-0.05, 0) is 72.4 Å². The van der Waals surface area contributed by atoms with E-state index < -0.39 is 14.3 Å². The van der Waals surface area contributed by atoms with E-state index in [1.165, 1.54) is 0 Å². The summed E-state index contributed by atoms with van der Waals surface area (Å²) in [6.07, 6.45) is 0.528. The average Bonchev–Trinajstić information content (AvgIpc) is 2.73. The maximum Gasteiger partial charge on any atom is 0.335 e. The molecule has 34 heavy (non-hydrogen) atoms. The Hall–Kier alpha value is -1.86. The van der Waals surface area contributed by atoms with Crippen LogP contribution in [0.4, 0.5) is 0 Å². The molecule has 1 N–H and O–H groups in total. The molecule has 0 radical (unpaired) electrons. The Morgan fingerprint density at radius 1 is 1.18 bits per heavy atom. The van der Waals surface area contributed by atoms with Gasteiger partial charge < -0.3 is 14.4 Å². The summed E-state index contributed by atoms with van der Waals surface area (Å²) in [4.78, 5) is 27.4. The third-order valence-electron chi connectivity index (χ3n) is 7.22. The summed E-state index contributed by atoms with van der Waals surface area (Å²) in [5, 5.41) is 10.8. The van der Waals surface area contributed by atoms with Crippen molar-refractivity contribution in [3.63, 3.8) is 0 Å². The lowest BCUT2D eigenvalue weighted by Crippen LogP contribution is -2.52. The van der Waals surface area contributed by atoms with Gasteiger partial charge >= 0.3 is 5.97 Å². The molecule has 2 aromatic rings. The predicted octanol–water partition coefficient (Wildman–Crippen LogP) is 6.77. The standard InChI is InChI=1S/C26H33Cl2NO4Si/c1-16-20-8-7-9-21(25(31)32)22(20)14-19(15-33-34(5,6)26(2,3)4)29(16)24(30)13-17-12-18(27)10-11-23(17)28/h7-12,16,19H,13-15H2,1-6H3,(H,31,32)/t16-,19+/m0/s1. The van der Waals surface area contributed by atoms with Crippen LogP contribution in [-0.4, -0.2) is 42.8 Å². The Morgan fingerprint density at radius 3 is 2.47 bits per heavy atom. The molecular formula is C26H33Cl2NO4Si. The molecule has 1 aliphatic heterocycles. The van der Waals surface area contributed by atoms with Crippen molar-refractivity contribution in [2.45, 2.75) is 70.8 Å². The first kappa shape index (κ1) is 26.7. The van der Waals surface area contributed by atoms with E-state index in [0.29, 0.717) is 28.6 Å². The monoisotopic (exact) mass is 521 g/mol. The van der Waals surface area contributed by atoms with Gasteiger partial charge in [-0.1, -0.05) is 56.1 Å². The second-order valence-corrected chi connectivity index (χ2v) is 16.2. The molecule has 0 fully saturated rings. The van der Waals surface area contributed by atoms with E-state index in [4.69, 9.17) is 27.6 Å². The van der Waals surface area contributed by atoms with Gasteiger partial charge in [-0.15, -0.1) is 0 Å². The highest BCUT2D eigenvalue weighted by molar-refractivity contribution is 6.74. The SMILES string of the molecule is C[C@H]1c2cccc(C(=O)O)c2C[C@H](CO[Si](C)(C)C(C)(C)C)N1C(=O)Cc1cc(Cl)ccc1Cl. The topological polar surface area (TPSA) is 66.8 Å². The maximum atomic E-state index is 13.7. The summed E-state index contributed by atoms with van der Waals surface area (Å²) in [5.41, 5.74) is 2.58.